The van der Waals surface area contributed by atoms with E-state index < -0.39 is 21.1 Å². The predicted molar refractivity (Wildman–Crippen MR) is 39.4 cm³/mol. The molecule has 0 rings (SSSR count). The van der Waals surface area contributed by atoms with Gasteiger partial charge in [0.1, 0.15) is 0 Å². The van der Waals surface area contributed by atoms with Crippen LogP contribution >= 0.6 is 0 Å². The van der Waals surface area contributed by atoms with Gasteiger partial charge in [-0.2, -0.15) is 13.2 Å². The van der Waals surface area contributed by atoms with Crippen molar-refractivity contribution in [3.63, 3.8) is 0 Å². The first-order valence-electron chi connectivity index (χ1n) is 3.60. The van der Waals surface area contributed by atoms with Gasteiger partial charge in [-0.1, -0.05) is 19.8 Å². The molecule has 0 saturated heterocycles. The quantitative estimate of drug-likeness (QED) is 0.657. The first-order chi connectivity index (χ1) is 5.31. The van der Waals surface area contributed by atoms with E-state index >= 15 is 0 Å². The molecular formula is C6H11F3O2S. The van der Waals surface area contributed by atoms with Gasteiger partial charge in [0.2, 0.25) is 9.84 Å². The van der Waals surface area contributed by atoms with Gasteiger partial charge in [-0.15, -0.1) is 0 Å². The Kier molecular flexibility index (Phi) is 4.02. The summed E-state index contributed by atoms with van der Waals surface area (Å²) >= 11 is 0. The van der Waals surface area contributed by atoms with Crippen LogP contribution in [0.2, 0.25) is 0 Å². The Bertz CT molecular complexity index is 217. The molecule has 74 valence electrons. The molecule has 6 heteroatoms. The highest BCUT2D eigenvalue weighted by atomic mass is 32.2. The molecule has 0 fully saturated rings. The summed E-state index contributed by atoms with van der Waals surface area (Å²) in [5.41, 5.74) is -5.08. The van der Waals surface area contributed by atoms with E-state index in [0.717, 1.165) is 0 Å². The third-order valence-corrected chi connectivity index (χ3v) is 2.90. The van der Waals surface area contributed by atoms with Gasteiger partial charge in [0.25, 0.3) is 0 Å². The molecule has 0 amide bonds. The lowest BCUT2D eigenvalue weighted by atomic mass is 10.3. The van der Waals surface area contributed by atoms with Crippen molar-refractivity contribution in [2.24, 2.45) is 0 Å². The molecule has 0 aliphatic carbocycles. The fraction of sp³-hybridized carbons (Fsp3) is 1.00. The molecule has 12 heavy (non-hydrogen) atoms. The average molecular weight is 204 g/mol. The standard InChI is InChI=1S/C6H11F3O2S/c1-2-3-4-5-12(10,11)6(7,8)9/h2-5H2,1H3. The maximum Gasteiger partial charge on any atom is 0.497 e. The lowest BCUT2D eigenvalue weighted by Crippen LogP contribution is -2.25. The summed E-state index contributed by atoms with van der Waals surface area (Å²) < 4.78 is 55.8. The van der Waals surface area contributed by atoms with Gasteiger partial charge in [-0.25, -0.2) is 8.42 Å². The van der Waals surface area contributed by atoms with Crippen molar-refractivity contribution >= 4 is 9.84 Å². The van der Waals surface area contributed by atoms with Crippen LogP contribution in [0.3, 0.4) is 0 Å². The topological polar surface area (TPSA) is 34.1 Å². The Morgan fingerprint density at radius 1 is 1.17 bits per heavy atom. The second kappa shape index (κ2) is 4.11. The van der Waals surface area contributed by atoms with Crippen LogP contribution in [0.5, 0.6) is 0 Å². The molecule has 0 unspecified atom stereocenters. The molecule has 0 saturated carbocycles. The molecule has 0 aromatic carbocycles. The van der Waals surface area contributed by atoms with Crippen LogP contribution in [0.4, 0.5) is 13.2 Å². The highest BCUT2D eigenvalue weighted by Gasteiger charge is 2.44. The highest BCUT2D eigenvalue weighted by molar-refractivity contribution is 7.92. The van der Waals surface area contributed by atoms with E-state index in [0.29, 0.717) is 12.8 Å². The lowest BCUT2D eigenvalue weighted by molar-refractivity contribution is -0.0435. The van der Waals surface area contributed by atoms with E-state index in [2.05, 4.69) is 0 Å². The molecule has 0 heterocycles. The normalized spacial score (nSPS) is 13.3. The van der Waals surface area contributed by atoms with Crippen LogP contribution in [-0.4, -0.2) is 19.7 Å². The number of hydrogen-bond donors (Lipinski definition) is 0. The second-order valence-corrected chi connectivity index (χ2v) is 4.57. The van der Waals surface area contributed by atoms with Gasteiger partial charge >= 0.3 is 5.51 Å². The van der Waals surface area contributed by atoms with Crippen molar-refractivity contribution in [2.75, 3.05) is 5.75 Å². The Balaban J connectivity index is 4.08. The number of hydrogen-bond acceptors (Lipinski definition) is 2. The summed E-state index contributed by atoms with van der Waals surface area (Å²) in [6.07, 6.45) is 1.29. The van der Waals surface area contributed by atoms with Crippen LogP contribution in [0.15, 0.2) is 0 Å². The number of alkyl halides is 3. The van der Waals surface area contributed by atoms with Gasteiger partial charge in [0.05, 0.1) is 5.75 Å². The Labute approximate surface area is 69.7 Å². The molecule has 0 aromatic rings. The van der Waals surface area contributed by atoms with Crippen molar-refractivity contribution in [2.45, 2.75) is 31.7 Å². The predicted octanol–water partition coefficient (Wildman–Crippen LogP) is 2.11. The highest BCUT2D eigenvalue weighted by Crippen LogP contribution is 2.24. The molecule has 0 aliphatic rings. The van der Waals surface area contributed by atoms with E-state index in [1.807, 2.05) is 0 Å². The van der Waals surface area contributed by atoms with Gasteiger partial charge in [-0.3, -0.25) is 0 Å². The first kappa shape index (κ1) is 11.7. The lowest BCUT2D eigenvalue weighted by Gasteiger charge is -2.06. The summed E-state index contributed by atoms with van der Waals surface area (Å²) in [5.74, 6) is -0.787. The summed E-state index contributed by atoms with van der Waals surface area (Å²) in [7, 11) is -4.87. The van der Waals surface area contributed by atoms with Crippen LogP contribution < -0.4 is 0 Å². The van der Waals surface area contributed by atoms with E-state index in [-0.39, 0.29) is 6.42 Å². The molecule has 0 bridgehead atoms. The average Bonchev–Trinajstić information content (AvgIpc) is 1.85. The summed E-state index contributed by atoms with van der Waals surface area (Å²) in [6.45, 7) is 1.79. The largest absolute Gasteiger partial charge is 0.497 e. The molecule has 0 radical (unpaired) electrons. The molecule has 0 N–H and O–H groups in total. The summed E-state index contributed by atoms with van der Waals surface area (Å²) in [6, 6.07) is 0. The molecule has 0 spiro atoms. The third-order valence-electron chi connectivity index (χ3n) is 1.37. The van der Waals surface area contributed by atoms with Crippen LogP contribution in [0.1, 0.15) is 26.2 Å². The smallest absolute Gasteiger partial charge is 0.220 e. The monoisotopic (exact) mass is 204 g/mol. The van der Waals surface area contributed by atoms with Crippen molar-refractivity contribution in [1.29, 1.82) is 0 Å². The number of halogens is 3. The SMILES string of the molecule is CCCCCS(=O)(=O)C(F)(F)F. The minimum atomic E-state index is -5.08. The summed E-state index contributed by atoms with van der Waals surface area (Å²) in [4.78, 5) is 0. The van der Waals surface area contributed by atoms with Crippen molar-refractivity contribution in [3.05, 3.63) is 0 Å². The van der Waals surface area contributed by atoms with Crippen LogP contribution in [0, 0.1) is 0 Å². The third kappa shape index (κ3) is 3.42. The molecule has 0 aromatic heterocycles. The minimum Gasteiger partial charge on any atom is -0.220 e. The van der Waals surface area contributed by atoms with E-state index in [1.165, 1.54) is 0 Å². The van der Waals surface area contributed by atoms with Gasteiger partial charge in [0, 0.05) is 0 Å². The molecular weight excluding hydrogens is 193 g/mol. The van der Waals surface area contributed by atoms with Crippen molar-refractivity contribution in [3.8, 4) is 0 Å². The Morgan fingerprint density at radius 2 is 1.67 bits per heavy atom. The first-order valence-corrected chi connectivity index (χ1v) is 5.25. The van der Waals surface area contributed by atoms with Crippen molar-refractivity contribution in [1.82, 2.24) is 0 Å². The Hall–Kier alpha value is -0.260. The van der Waals surface area contributed by atoms with Crippen molar-refractivity contribution < 1.29 is 21.6 Å². The van der Waals surface area contributed by atoms with Gasteiger partial charge in [-0.05, 0) is 6.42 Å². The minimum absolute atomic E-state index is 0.0817. The zero-order chi connectivity index (χ0) is 9.83. The van der Waals surface area contributed by atoms with Gasteiger partial charge in [0.15, 0.2) is 0 Å². The maximum atomic E-state index is 11.7. The molecule has 0 aliphatic heterocycles. The molecule has 0 atom stereocenters. The summed E-state index contributed by atoms with van der Waals surface area (Å²) in [5, 5.41) is 0. The number of unbranched alkanes of at least 4 members (excludes halogenated alkanes) is 2. The van der Waals surface area contributed by atoms with Gasteiger partial charge < -0.3 is 0 Å². The zero-order valence-corrected chi connectivity index (χ0v) is 7.50. The Morgan fingerprint density at radius 3 is 2.00 bits per heavy atom. The fourth-order valence-corrected chi connectivity index (χ4v) is 1.47. The van der Waals surface area contributed by atoms with Crippen LogP contribution in [-0.2, 0) is 9.84 Å². The van der Waals surface area contributed by atoms with E-state index in [9.17, 15) is 21.6 Å². The second-order valence-electron chi connectivity index (χ2n) is 2.47. The zero-order valence-electron chi connectivity index (χ0n) is 6.69. The maximum absolute atomic E-state index is 11.7. The number of sulfone groups is 1. The number of rotatable bonds is 4. The van der Waals surface area contributed by atoms with E-state index in [4.69, 9.17) is 0 Å². The molecule has 2 nitrogen and oxygen atoms in total. The van der Waals surface area contributed by atoms with Crippen LogP contribution in [0.25, 0.3) is 0 Å². The van der Waals surface area contributed by atoms with E-state index in [1.54, 1.807) is 6.92 Å². The fourth-order valence-electron chi connectivity index (χ4n) is 0.658.